The first kappa shape index (κ1) is 13.5. The zero-order valence-electron chi connectivity index (χ0n) is 12.3. The molecule has 0 unspecified atom stereocenters. The molecule has 2 heterocycles. The van der Waals surface area contributed by atoms with E-state index < -0.39 is 0 Å². The fraction of sp³-hybridized carbons (Fsp3) is 0.500. The Hall–Kier alpha value is -1.91. The molecule has 0 radical (unpaired) electrons. The zero-order valence-corrected chi connectivity index (χ0v) is 12.3. The molecule has 0 fully saturated rings. The average molecular weight is 259 g/mol. The number of nitrogens with one attached hydrogen (secondary N) is 1. The van der Waals surface area contributed by atoms with Gasteiger partial charge in [0.05, 0.1) is 5.69 Å². The normalized spacial score (nSPS) is 10.8. The van der Waals surface area contributed by atoms with Gasteiger partial charge in [-0.1, -0.05) is 6.92 Å². The molecule has 0 aromatic carbocycles. The summed E-state index contributed by atoms with van der Waals surface area (Å²) in [7, 11) is 1.88. The van der Waals surface area contributed by atoms with Crippen LogP contribution in [0.2, 0.25) is 0 Å². The third kappa shape index (κ3) is 2.59. The molecule has 102 valence electrons. The molecule has 0 spiro atoms. The van der Waals surface area contributed by atoms with Crippen LogP contribution in [-0.4, -0.2) is 26.8 Å². The number of rotatable bonds is 4. The number of anilines is 1. The Balaban J connectivity index is 2.60. The van der Waals surface area contributed by atoms with Gasteiger partial charge in [0.2, 0.25) is 0 Å². The third-order valence-corrected chi connectivity index (χ3v) is 3.09. The van der Waals surface area contributed by atoms with Crippen LogP contribution in [-0.2, 0) is 6.42 Å². The van der Waals surface area contributed by atoms with Crippen molar-refractivity contribution in [2.45, 2.75) is 40.5 Å². The molecule has 2 aromatic heterocycles. The minimum absolute atomic E-state index is 0.861. The second-order valence-electron chi connectivity index (χ2n) is 4.78. The summed E-state index contributed by atoms with van der Waals surface area (Å²) in [6, 6.07) is 2.06. The van der Waals surface area contributed by atoms with Crippen molar-refractivity contribution in [1.82, 2.24) is 19.7 Å². The number of hydrogen-bond donors (Lipinski definition) is 1. The van der Waals surface area contributed by atoms with Gasteiger partial charge in [-0.2, -0.15) is 5.10 Å². The molecule has 19 heavy (non-hydrogen) atoms. The minimum Gasteiger partial charge on any atom is -0.373 e. The Morgan fingerprint density at radius 1 is 1.21 bits per heavy atom. The maximum Gasteiger partial charge on any atom is 0.162 e. The van der Waals surface area contributed by atoms with Crippen molar-refractivity contribution in [3.63, 3.8) is 0 Å². The first-order chi connectivity index (χ1) is 9.06. The van der Waals surface area contributed by atoms with Crippen molar-refractivity contribution in [3.05, 3.63) is 28.8 Å². The highest BCUT2D eigenvalue weighted by atomic mass is 15.3. The van der Waals surface area contributed by atoms with Crippen LogP contribution in [0.4, 0.5) is 5.82 Å². The van der Waals surface area contributed by atoms with E-state index in [0.717, 1.165) is 47.3 Å². The van der Waals surface area contributed by atoms with Gasteiger partial charge in [0.1, 0.15) is 11.6 Å². The molecule has 0 atom stereocenters. The van der Waals surface area contributed by atoms with Crippen molar-refractivity contribution in [2.75, 3.05) is 12.4 Å². The van der Waals surface area contributed by atoms with Crippen LogP contribution in [0.5, 0.6) is 0 Å². The Morgan fingerprint density at radius 3 is 2.47 bits per heavy atom. The molecule has 2 aromatic rings. The van der Waals surface area contributed by atoms with E-state index >= 15 is 0 Å². The Kier molecular flexibility index (Phi) is 3.83. The van der Waals surface area contributed by atoms with Crippen molar-refractivity contribution in [3.8, 4) is 5.82 Å². The molecule has 2 rings (SSSR count). The van der Waals surface area contributed by atoms with Gasteiger partial charge in [0.15, 0.2) is 5.82 Å². The zero-order chi connectivity index (χ0) is 14.0. The van der Waals surface area contributed by atoms with E-state index in [1.807, 2.05) is 32.5 Å². The topological polar surface area (TPSA) is 55.6 Å². The monoisotopic (exact) mass is 259 g/mol. The summed E-state index contributed by atoms with van der Waals surface area (Å²) < 4.78 is 1.90. The van der Waals surface area contributed by atoms with Gasteiger partial charge in [-0.3, -0.25) is 0 Å². The quantitative estimate of drug-likeness (QED) is 0.917. The van der Waals surface area contributed by atoms with E-state index in [1.54, 1.807) is 0 Å². The fourth-order valence-corrected chi connectivity index (χ4v) is 2.18. The summed E-state index contributed by atoms with van der Waals surface area (Å²) >= 11 is 0. The molecule has 5 heteroatoms. The first-order valence-electron chi connectivity index (χ1n) is 6.65. The summed E-state index contributed by atoms with van der Waals surface area (Å²) in [5.41, 5.74) is 3.11. The van der Waals surface area contributed by atoms with Crippen LogP contribution in [0.25, 0.3) is 5.82 Å². The predicted octanol–water partition coefficient (Wildman–Crippen LogP) is 2.58. The van der Waals surface area contributed by atoms with E-state index in [0.29, 0.717) is 0 Å². The third-order valence-electron chi connectivity index (χ3n) is 3.09. The molecule has 0 aliphatic heterocycles. The number of hydrogen-bond acceptors (Lipinski definition) is 4. The molecule has 0 aliphatic rings. The molecule has 0 saturated heterocycles. The van der Waals surface area contributed by atoms with Crippen LogP contribution < -0.4 is 5.32 Å². The minimum atomic E-state index is 0.861. The van der Waals surface area contributed by atoms with Crippen LogP contribution in [0.1, 0.15) is 36.1 Å². The molecular formula is C14H21N5. The molecule has 0 saturated carbocycles. The highest BCUT2D eigenvalue weighted by Crippen LogP contribution is 2.20. The lowest BCUT2D eigenvalue weighted by atomic mass is 10.2. The van der Waals surface area contributed by atoms with Gasteiger partial charge in [-0.05, 0) is 33.3 Å². The van der Waals surface area contributed by atoms with E-state index in [9.17, 15) is 0 Å². The van der Waals surface area contributed by atoms with E-state index in [-0.39, 0.29) is 0 Å². The second-order valence-corrected chi connectivity index (χ2v) is 4.78. The molecule has 0 amide bonds. The average Bonchev–Trinajstić information content (AvgIpc) is 2.70. The molecular weight excluding hydrogens is 238 g/mol. The highest BCUT2D eigenvalue weighted by Gasteiger charge is 2.14. The van der Waals surface area contributed by atoms with Crippen molar-refractivity contribution < 1.29 is 0 Å². The van der Waals surface area contributed by atoms with Crippen LogP contribution in [0.15, 0.2) is 6.07 Å². The van der Waals surface area contributed by atoms with E-state index in [1.165, 1.54) is 0 Å². The first-order valence-corrected chi connectivity index (χ1v) is 6.65. The van der Waals surface area contributed by atoms with Gasteiger partial charge in [-0.25, -0.2) is 14.6 Å². The lowest BCUT2D eigenvalue weighted by Crippen LogP contribution is -2.11. The number of aromatic nitrogens is 4. The summed E-state index contributed by atoms with van der Waals surface area (Å²) in [6.07, 6.45) is 1.91. The number of aryl methyl sites for hydroxylation is 3. The maximum absolute atomic E-state index is 4.66. The van der Waals surface area contributed by atoms with E-state index in [4.69, 9.17) is 0 Å². The van der Waals surface area contributed by atoms with Crippen LogP contribution >= 0.6 is 0 Å². The van der Waals surface area contributed by atoms with Gasteiger partial charge in [-0.15, -0.1) is 0 Å². The van der Waals surface area contributed by atoms with Gasteiger partial charge in [0, 0.05) is 24.7 Å². The molecule has 5 nitrogen and oxygen atoms in total. The van der Waals surface area contributed by atoms with Gasteiger partial charge >= 0.3 is 0 Å². The second kappa shape index (κ2) is 5.38. The van der Waals surface area contributed by atoms with E-state index in [2.05, 4.69) is 33.4 Å². The maximum atomic E-state index is 4.66. The Morgan fingerprint density at radius 2 is 1.95 bits per heavy atom. The molecule has 1 N–H and O–H groups in total. The van der Waals surface area contributed by atoms with Crippen molar-refractivity contribution in [2.24, 2.45) is 0 Å². The molecule has 0 bridgehead atoms. The highest BCUT2D eigenvalue weighted by molar-refractivity contribution is 5.51. The van der Waals surface area contributed by atoms with Crippen LogP contribution in [0, 0.1) is 20.8 Å². The van der Waals surface area contributed by atoms with Gasteiger partial charge in [0.25, 0.3) is 0 Å². The molecule has 0 aliphatic carbocycles. The summed E-state index contributed by atoms with van der Waals surface area (Å²) in [4.78, 5) is 9.20. The smallest absolute Gasteiger partial charge is 0.162 e. The van der Waals surface area contributed by atoms with Crippen molar-refractivity contribution >= 4 is 5.82 Å². The van der Waals surface area contributed by atoms with Crippen molar-refractivity contribution in [1.29, 1.82) is 0 Å². The van der Waals surface area contributed by atoms with Gasteiger partial charge < -0.3 is 5.32 Å². The number of nitrogens with zero attached hydrogens (tertiary/aromatic N) is 4. The summed E-state index contributed by atoms with van der Waals surface area (Å²) in [5, 5.41) is 7.65. The lowest BCUT2D eigenvalue weighted by Gasteiger charge is -2.13. The fourth-order valence-electron chi connectivity index (χ4n) is 2.18. The standard InChI is InChI=1S/C14H21N5/c1-6-7-12-16-13(15-5)11(4)14(17-12)19-10(3)8-9(2)18-19/h8H,6-7H2,1-5H3,(H,15,16,17). The van der Waals surface area contributed by atoms with Crippen LogP contribution in [0.3, 0.4) is 0 Å². The largest absolute Gasteiger partial charge is 0.373 e. The lowest BCUT2D eigenvalue weighted by molar-refractivity contribution is 0.759. The predicted molar refractivity (Wildman–Crippen MR) is 76.9 cm³/mol. The Labute approximate surface area is 114 Å². The summed E-state index contributed by atoms with van der Waals surface area (Å²) in [5.74, 6) is 2.61. The Bertz CT molecular complexity index is 586. The summed E-state index contributed by atoms with van der Waals surface area (Å²) in [6.45, 7) is 8.19. The SMILES string of the molecule is CCCc1nc(NC)c(C)c(-n2nc(C)cc2C)n1.